The van der Waals surface area contributed by atoms with E-state index < -0.39 is 5.91 Å². The van der Waals surface area contributed by atoms with E-state index in [4.69, 9.17) is 21.4 Å². The van der Waals surface area contributed by atoms with Crippen LogP contribution in [0.5, 0.6) is 5.75 Å². The summed E-state index contributed by atoms with van der Waals surface area (Å²) in [6.07, 6.45) is 0.874. The molecule has 0 aliphatic rings. The van der Waals surface area contributed by atoms with Crippen LogP contribution in [-0.4, -0.2) is 11.0 Å². The van der Waals surface area contributed by atoms with Crippen LogP contribution in [0.2, 0.25) is 0 Å². The molecule has 0 aliphatic heterocycles. The molecule has 3 aromatic rings. The van der Waals surface area contributed by atoms with Crippen molar-refractivity contribution in [3.8, 4) is 5.75 Å². The minimum atomic E-state index is -0.430. The predicted molar refractivity (Wildman–Crippen MR) is 117 cm³/mol. The number of anilines is 1. The van der Waals surface area contributed by atoms with Crippen LogP contribution in [0.25, 0.3) is 0 Å². The quantitative estimate of drug-likeness (QED) is 0.415. The zero-order chi connectivity index (χ0) is 20.6. The molecule has 0 radical (unpaired) electrons. The van der Waals surface area contributed by atoms with Gasteiger partial charge < -0.3 is 14.5 Å². The zero-order valence-corrected chi connectivity index (χ0v) is 17.1. The lowest BCUT2D eigenvalue weighted by molar-refractivity contribution is 0.0912. The Morgan fingerprint density at radius 2 is 1.83 bits per heavy atom. The first-order valence-electron chi connectivity index (χ1n) is 9.29. The Bertz CT molecular complexity index is 986. The fraction of sp³-hybridized carbons (Fsp3) is 0.182. The van der Waals surface area contributed by atoms with E-state index in [0.717, 1.165) is 29.0 Å². The van der Waals surface area contributed by atoms with Crippen molar-refractivity contribution in [3.63, 3.8) is 0 Å². The number of hydrazine groups is 1. The number of thiocarbonyl (C=S) groups is 1. The van der Waals surface area contributed by atoms with Crippen molar-refractivity contribution in [1.82, 2.24) is 10.9 Å². The summed E-state index contributed by atoms with van der Waals surface area (Å²) >= 11 is 5.28. The Balaban J connectivity index is 1.51. The maximum absolute atomic E-state index is 12.3. The molecule has 0 fully saturated rings. The van der Waals surface area contributed by atoms with E-state index in [1.165, 1.54) is 0 Å². The number of carbonyl (C=O) groups excluding carboxylic acids is 1. The number of amides is 1. The minimum absolute atomic E-state index is 0.164. The first-order valence-corrected chi connectivity index (χ1v) is 9.70. The van der Waals surface area contributed by atoms with Crippen LogP contribution in [0.4, 0.5) is 5.69 Å². The molecular formula is C22H23N3O3S. The summed E-state index contributed by atoms with van der Waals surface area (Å²) in [5, 5.41) is 3.43. The van der Waals surface area contributed by atoms with Gasteiger partial charge in [-0.05, 0) is 61.0 Å². The largest absolute Gasteiger partial charge is 0.486 e. The molecule has 1 amide bonds. The van der Waals surface area contributed by atoms with Crippen LogP contribution in [0.3, 0.4) is 0 Å². The van der Waals surface area contributed by atoms with E-state index in [1.54, 1.807) is 12.1 Å². The maximum atomic E-state index is 12.3. The van der Waals surface area contributed by atoms with E-state index >= 15 is 0 Å². The van der Waals surface area contributed by atoms with Gasteiger partial charge in [-0.15, -0.1) is 0 Å². The number of furan rings is 1. The van der Waals surface area contributed by atoms with Gasteiger partial charge >= 0.3 is 5.91 Å². The van der Waals surface area contributed by atoms with Gasteiger partial charge in [-0.1, -0.05) is 43.3 Å². The normalized spacial score (nSPS) is 10.3. The molecular weight excluding hydrogens is 386 g/mol. The SMILES string of the molecule is CCc1cccc(C)c1NC(=S)NNC(=O)c1ccc(COc2ccccc2)o1. The van der Waals surface area contributed by atoms with Gasteiger partial charge in [-0.25, -0.2) is 0 Å². The highest BCUT2D eigenvalue weighted by Crippen LogP contribution is 2.20. The van der Waals surface area contributed by atoms with Crippen LogP contribution < -0.4 is 20.9 Å². The molecule has 1 heterocycles. The van der Waals surface area contributed by atoms with Gasteiger partial charge in [0.2, 0.25) is 0 Å². The summed E-state index contributed by atoms with van der Waals surface area (Å²) < 4.78 is 11.1. The smallest absolute Gasteiger partial charge is 0.305 e. The highest BCUT2D eigenvalue weighted by atomic mass is 32.1. The fourth-order valence-corrected chi connectivity index (χ4v) is 2.92. The average Bonchev–Trinajstić information content (AvgIpc) is 3.22. The maximum Gasteiger partial charge on any atom is 0.305 e. The number of nitrogens with one attached hydrogen (secondary N) is 3. The molecule has 0 bridgehead atoms. The Hall–Kier alpha value is -3.32. The van der Waals surface area contributed by atoms with Crippen molar-refractivity contribution < 1.29 is 13.9 Å². The molecule has 3 rings (SSSR count). The average molecular weight is 410 g/mol. The number of ether oxygens (including phenoxy) is 1. The third-order valence-corrected chi connectivity index (χ3v) is 4.48. The molecule has 0 saturated carbocycles. The number of carbonyl (C=O) groups is 1. The molecule has 0 saturated heterocycles. The van der Waals surface area contributed by atoms with Crippen molar-refractivity contribution in [2.24, 2.45) is 0 Å². The van der Waals surface area contributed by atoms with E-state index in [1.807, 2.05) is 55.5 Å². The number of rotatable bonds is 6. The Morgan fingerprint density at radius 1 is 1.03 bits per heavy atom. The Kier molecular flexibility index (Phi) is 6.86. The number of hydrogen-bond donors (Lipinski definition) is 3. The molecule has 2 aromatic carbocycles. The first kappa shape index (κ1) is 20.4. The van der Waals surface area contributed by atoms with E-state index in [2.05, 4.69) is 23.1 Å². The van der Waals surface area contributed by atoms with Crippen LogP contribution >= 0.6 is 12.2 Å². The first-order chi connectivity index (χ1) is 14.1. The summed E-state index contributed by atoms with van der Waals surface area (Å²) in [5.41, 5.74) is 8.41. The fourth-order valence-electron chi connectivity index (χ4n) is 2.77. The summed E-state index contributed by atoms with van der Waals surface area (Å²) in [6, 6.07) is 18.7. The Morgan fingerprint density at radius 3 is 2.59 bits per heavy atom. The third kappa shape index (κ3) is 5.58. The van der Waals surface area contributed by atoms with Gasteiger partial charge in [-0.3, -0.25) is 15.6 Å². The lowest BCUT2D eigenvalue weighted by atomic mass is 10.1. The summed E-state index contributed by atoms with van der Waals surface area (Å²) in [7, 11) is 0. The van der Waals surface area contributed by atoms with Crippen LogP contribution in [0.15, 0.2) is 65.1 Å². The van der Waals surface area contributed by atoms with Crippen molar-refractivity contribution in [2.45, 2.75) is 26.9 Å². The van der Waals surface area contributed by atoms with Crippen molar-refractivity contribution in [3.05, 3.63) is 83.3 Å². The molecule has 0 atom stereocenters. The van der Waals surface area contributed by atoms with Crippen molar-refractivity contribution >= 4 is 28.9 Å². The second-order valence-electron chi connectivity index (χ2n) is 6.36. The van der Waals surface area contributed by atoms with Gasteiger partial charge in [0.15, 0.2) is 10.9 Å². The lowest BCUT2D eigenvalue weighted by Gasteiger charge is -2.15. The summed E-state index contributed by atoms with van der Waals surface area (Å²) in [4.78, 5) is 12.3. The van der Waals surface area contributed by atoms with Gasteiger partial charge in [0.1, 0.15) is 18.1 Å². The number of benzene rings is 2. The summed E-state index contributed by atoms with van der Waals surface area (Å²) in [5.74, 6) is 1.01. The predicted octanol–water partition coefficient (Wildman–Crippen LogP) is 4.36. The second kappa shape index (κ2) is 9.75. The lowest BCUT2D eigenvalue weighted by Crippen LogP contribution is -2.43. The van der Waals surface area contributed by atoms with E-state index in [9.17, 15) is 4.79 Å². The van der Waals surface area contributed by atoms with E-state index in [0.29, 0.717) is 10.9 Å². The monoisotopic (exact) mass is 409 g/mol. The molecule has 7 heteroatoms. The number of para-hydroxylation sites is 2. The topological polar surface area (TPSA) is 75.5 Å². The highest BCUT2D eigenvalue weighted by Gasteiger charge is 2.12. The van der Waals surface area contributed by atoms with Gasteiger partial charge in [0.05, 0.1) is 0 Å². The van der Waals surface area contributed by atoms with Crippen molar-refractivity contribution in [1.29, 1.82) is 0 Å². The van der Waals surface area contributed by atoms with Gasteiger partial charge in [-0.2, -0.15) is 0 Å². The molecule has 29 heavy (non-hydrogen) atoms. The standard InChI is InChI=1S/C22H23N3O3S/c1-3-16-9-7-8-15(2)20(16)23-22(29)25-24-21(26)19-13-12-18(28-19)14-27-17-10-5-4-6-11-17/h4-13H,3,14H2,1-2H3,(H,24,26)(H2,23,25,29). The highest BCUT2D eigenvalue weighted by molar-refractivity contribution is 7.80. The molecule has 0 aliphatic carbocycles. The third-order valence-electron chi connectivity index (χ3n) is 4.28. The van der Waals surface area contributed by atoms with Crippen molar-refractivity contribution in [2.75, 3.05) is 5.32 Å². The second-order valence-corrected chi connectivity index (χ2v) is 6.77. The minimum Gasteiger partial charge on any atom is -0.486 e. The zero-order valence-electron chi connectivity index (χ0n) is 16.3. The van der Waals surface area contributed by atoms with E-state index in [-0.39, 0.29) is 12.4 Å². The van der Waals surface area contributed by atoms with Gasteiger partial charge in [0, 0.05) is 5.69 Å². The summed E-state index contributed by atoms with van der Waals surface area (Å²) in [6.45, 7) is 4.32. The molecule has 3 N–H and O–H groups in total. The molecule has 0 unspecified atom stereocenters. The number of aryl methyl sites for hydroxylation is 2. The molecule has 1 aromatic heterocycles. The molecule has 0 spiro atoms. The number of hydrogen-bond acceptors (Lipinski definition) is 4. The molecule has 150 valence electrons. The van der Waals surface area contributed by atoms with Crippen LogP contribution in [0.1, 0.15) is 34.4 Å². The van der Waals surface area contributed by atoms with Gasteiger partial charge in [0.25, 0.3) is 0 Å². The molecule has 6 nitrogen and oxygen atoms in total. The van der Waals surface area contributed by atoms with Crippen LogP contribution in [0, 0.1) is 6.92 Å². The van der Waals surface area contributed by atoms with Crippen LogP contribution in [-0.2, 0) is 13.0 Å². The Labute approximate surface area is 175 Å².